The van der Waals surface area contributed by atoms with Crippen molar-refractivity contribution in [3.05, 3.63) is 58.3 Å². The van der Waals surface area contributed by atoms with Crippen LogP contribution in [0.25, 0.3) is 6.08 Å². The van der Waals surface area contributed by atoms with Gasteiger partial charge in [0.05, 0.1) is 0 Å². The Hall–Kier alpha value is -1.87. The van der Waals surface area contributed by atoms with Crippen LogP contribution < -0.4 is 4.74 Å². The molecule has 2 rings (SSSR count). The summed E-state index contributed by atoms with van der Waals surface area (Å²) in [5.41, 5.74) is 1.27. The van der Waals surface area contributed by atoms with Crippen LogP contribution in [-0.2, 0) is 4.79 Å². The molecule has 1 aromatic heterocycles. The maximum absolute atomic E-state index is 11.7. The van der Waals surface area contributed by atoms with E-state index < -0.39 is 0 Å². The molecular weight excluding hydrogens is 268 g/mol. The monoisotopic (exact) mass is 286 g/mol. The number of carbonyl (C=O) groups excluding carboxylic acids is 1. The summed E-state index contributed by atoms with van der Waals surface area (Å²) in [6, 6.07) is 11.6. The first-order valence-corrected chi connectivity index (χ1v) is 7.60. The smallest absolute Gasteiger partial charge is 0.336 e. The van der Waals surface area contributed by atoms with Crippen molar-refractivity contribution in [1.82, 2.24) is 0 Å². The van der Waals surface area contributed by atoms with E-state index in [9.17, 15) is 4.79 Å². The third-order valence-electron chi connectivity index (χ3n) is 3.21. The highest BCUT2D eigenvalue weighted by molar-refractivity contribution is 7.10. The Labute approximate surface area is 123 Å². The molecule has 0 aliphatic rings. The first kappa shape index (κ1) is 14.5. The summed E-state index contributed by atoms with van der Waals surface area (Å²) in [7, 11) is 0. The molecule has 104 valence electrons. The summed E-state index contributed by atoms with van der Waals surface area (Å²) in [5.74, 6) is 0.756. The van der Waals surface area contributed by atoms with Crippen molar-refractivity contribution in [2.75, 3.05) is 0 Å². The van der Waals surface area contributed by atoms with Gasteiger partial charge >= 0.3 is 5.97 Å². The maximum atomic E-state index is 11.7. The second-order valence-electron chi connectivity index (χ2n) is 4.65. The van der Waals surface area contributed by atoms with Crippen LogP contribution in [0.1, 0.15) is 36.6 Å². The zero-order chi connectivity index (χ0) is 14.4. The average Bonchev–Trinajstić information content (AvgIpc) is 2.98. The predicted octanol–water partition coefficient (Wildman–Crippen LogP) is 4.88. The number of hydrogen-bond acceptors (Lipinski definition) is 3. The SMILES string of the molecule is CCC(C)c1ccc(OC(=O)C=Cc2cccs2)cc1. The molecule has 0 bridgehead atoms. The van der Waals surface area contributed by atoms with Crippen LogP contribution in [0.4, 0.5) is 0 Å². The molecule has 3 heteroatoms. The van der Waals surface area contributed by atoms with Crippen LogP contribution >= 0.6 is 11.3 Å². The zero-order valence-electron chi connectivity index (χ0n) is 11.7. The molecule has 1 atom stereocenters. The molecule has 0 saturated carbocycles. The standard InChI is InChI=1S/C17H18O2S/c1-3-13(2)14-6-8-15(9-7-14)19-17(18)11-10-16-5-4-12-20-16/h4-13H,3H2,1-2H3. The summed E-state index contributed by atoms with van der Waals surface area (Å²) in [4.78, 5) is 12.7. The van der Waals surface area contributed by atoms with Crippen molar-refractivity contribution in [3.8, 4) is 5.75 Å². The highest BCUT2D eigenvalue weighted by Crippen LogP contribution is 2.21. The van der Waals surface area contributed by atoms with Crippen LogP contribution in [0.2, 0.25) is 0 Å². The van der Waals surface area contributed by atoms with Gasteiger partial charge in [0, 0.05) is 11.0 Å². The number of benzene rings is 1. The summed E-state index contributed by atoms with van der Waals surface area (Å²) in [6.45, 7) is 4.35. The van der Waals surface area contributed by atoms with Crippen LogP contribution in [0.3, 0.4) is 0 Å². The molecule has 0 fully saturated rings. The summed E-state index contributed by atoms with van der Waals surface area (Å²) < 4.78 is 5.26. The van der Waals surface area contributed by atoms with Gasteiger partial charge in [-0.1, -0.05) is 32.0 Å². The van der Waals surface area contributed by atoms with Gasteiger partial charge in [0.2, 0.25) is 0 Å². The van der Waals surface area contributed by atoms with Gasteiger partial charge in [-0.15, -0.1) is 11.3 Å². The van der Waals surface area contributed by atoms with Gasteiger partial charge in [0.1, 0.15) is 5.75 Å². The van der Waals surface area contributed by atoms with Gasteiger partial charge in [0.15, 0.2) is 0 Å². The van der Waals surface area contributed by atoms with E-state index in [1.54, 1.807) is 17.4 Å². The first-order valence-electron chi connectivity index (χ1n) is 6.72. The Morgan fingerprint density at radius 3 is 2.65 bits per heavy atom. The van der Waals surface area contributed by atoms with E-state index in [1.807, 2.05) is 41.8 Å². The van der Waals surface area contributed by atoms with E-state index in [4.69, 9.17) is 4.74 Å². The molecular formula is C17H18O2S. The molecule has 0 aliphatic carbocycles. The molecule has 20 heavy (non-hydrogen) atoms. The normalized spacial score (nSPS) is 12.5. The molecule has 1 heterocycles. The van der Waals surface area contributed by atoms with Crippen LogP contribution in [0, 0.1) is 0 Å². The van der Waals surface area contributed by atoms with E-state index in [0.29, 0.717) is 11.7 Å². The van der Waals surface area contributed by atoms with Crippen molar-refractivity contribution in [2.24, 2.45) is 0 Å². The lowest BCUT2D eigenvalue weighted by atomic mass is 9.99. The van der Waals surface area contributed by atoms with Crippen molar-refractivity contribution in [2.45, 2.75) is 26.2 Å². The topological polar surface area (TPSA) is 26.3 Å². The van der Waals surface area contributed by atoms with Crippen LogP contribution in [0.15, 0.2) is 47.9 Å². The van der Waals surface area contributed by atoms with Gasteiger partial charge in [0.25, 0.3) is 0 Å². The summed E-state index contributed by atoms with van der Waals surface area (Å²) in [6.07, 6.45) is 4.32. The molecule has 0 aliphatic heterocycles. The van der Waals surface area contributed by atoms with E-state index in [1.165, 1.54) is 11.6 Å². The van der Waals surface area contributed by atoms with Gasteiger partial charge in [-0.05, 0) is 47.6 Å². The molecule has 0 N–H and O–H groups in total. The van der Waals surface area contributed by atoms with Crippen LogP contribution in [-0.4, -0.2) is 5.97 Å². The van der Waals surface area contributed by atoms with Gasteiger partial charge in [-0.2, -0.15) is 0 Å². The maximum Gasteiger partial charge on any atom is 0.336 e. The number of rotatable bonds is 5. The highest BCUT2D eigenvalue weighted by atomic mass is 32.1. The predicted molar refractivity (Wildman–Crippen MR) is 84.1 cm³/mol. The minimum Gasteiger partial charge on any atom is -0.423 e. The van der Waals surface area contributed by atoms with Crippen molar-refractivity contribution < 1.29 is 9.53 Å². The molecule has 0 saturated heterocycles. The van der Waals surface area contributed by atoms with E-state index in [-0.39, 0.29) is 5.97 Å². The van der Waals surface area contributed by atoms with Crippen molar-refractivity contribution in [1.29, 1.82) is 0 Å². The molecule has 0 radical (unpaired) electrons. The number of esters is 1. The Morgan fingerprint density at radius 1 is 1.30 bits per heavy atom. The number of carbonyl (C=O) groups is 1. The third-order valence-corrected chi connectivity index (χ3v) is 4.04. The molecule has 1 aromatic carbocycles. The minimum absolute atomic E-state index is 0.352. The highest BCUT2D eigenvalue weighted by Gasteiger charge is 2.04. The van der Waals surface area contributed by atoms with E-state index in [2.05, 4.69) is 13.8 Å². The summed E-state index contributed by atoms with van der Waals surface area (Å²) >= 11 is 1.58. The van der Waals surface area contributed by atoms with E-state index in [0.717, 1.165) is 11.3 Å². The molecule has 0 spiro atoms. The van der Waals surface area contributed by atoms with Gasteiger partial charge < -0.3 is 4.74 Å². The largest absolute Gasteiger partial charge is 0.423 e. The van der Waals surface area contributed by atoms with Crippen molar-refractivity contribution >= 4 is 23.4 Å². The molecule has 2 nitrogen and oxygen atoms in total. The second kappa shape index (κ2) is 7.06. The van der Waals surface area contributed by atoms with Crippen molar-refractivity contribution in [3.63, 3.8) is 0 Å². The fourth-order valence-corrected chi connectivity index (χ4v) is 2.40. The number of hydrogen-bond donors (Lipinski definition) is 0. The quantitative estimate of drug-likeness (QED) is 0.445. The number of ether oxygens (including phenoxy) is 1. The van der Waals surface area contributed by atoms with E-state index >= 15 is 0 Å². The minimum atomic E-state index is -0.352. The Kier molecular flexibility index (Phi) is 5.13. The zero-order valence-corrected chi connectivity index (χ0v) is 12.5. The summed E-state index contributed by atoms with van der Waals surface area (Å²) in [5, 5.41) is 1.97. The Balaban J connectivity index is 1.94. The Bertz CT molecular complexity index is 568. The lowest BCUT2D eigenvalue weighted by Crippen LogP contribution is -2.03. The molecule has 2 aromatic rings. The van der Waals surface area contributed by atoms with Gasteiger partial charge in [-0.3, -0.25) is 0 Å². The number of thiophene rings is 1. The van der Waals surface area contributed by atoms with Crippen LogP contribution in [0.5, 0.6) is 5.75 Å². The third kappa shape index (κ3) is 4.07. The molecule has 1 unspecified atom stereocenters. The average molecular weight is 286 g/mol. The first-order chi connectivity index (χ1) is 9.69. The fraction of sp³-hybridized carbons (Fsp3) is 0.235. The lowest BCUT2D eigenvalue weighted by molar-refractivity contribution is -0.128. The fourth-order valence-electron chi connectivity index (χ4n) is 1.79. The Morgan fingerprint density at radius 2 is 2.05 bits per heavy atom. The molecule has 0 amide bonds. The van der Waals surface area contributed by atoms with Gasteiger partial charge in [-0.25, -0.2) is 4.79 Å². The lowest BCUT2D eigenvalue weighted by Gasteiger charge is -2.09. The second-order valence-corrected chi connectivity index (χ2v) is 5.63.